The van der Waals surface area contributed by atoms with Gasteiger partial charge in [-0.3, -0.25) is 0 Å². The van der Waals surface area contributed by atoms with Gasteiger partial charge in [-0.05, 0) is 55.0 Å². The number of nitrogens with two attached hydrogens (primary N) is 1. The lowest BCUT2D eigenvalue weighted by Gasteiger charge is -2.15. The Bertz CT molecular complexity index is 493. The number of ether oxygens (including phenoxy) is 1. The monoisotopic (exact) mass is 269 g/mol. The van der Waals surface area contributed by atoms with E-state index in [-0.39, 0.29) is 0 Å². The van der Waals surface area contributed by atoms with Crippen molar-refractivity contribution in [1.82, 2.24) is 0 Å². The molecule has 2 aromatic carbocycles. The van der Waals surface area contributed by atoms with Crippen LogP contribution in [0.25, 0.3) is 0 Å². The molecule has 0 spiro atoms. The van der Waals surface area contributed by atoms with E-state index in [1.807, 2.05) is 12.1 Å². The number of hydrogen-bond acceptors (Lipinski definition) is 2. The van der Waals surface area contributed by atoms with Crippen LogP contribution in [-0.4, -0.2) is 13.7 Å². The summed E-state index contributed by atoms with van der Waals surface area (Å²) in [5.74, 6) is 1.33. The molecular weight excluding hydrogens is 246 g/mol. The van der Waals surface area contributed by atoms with Crippen molar-refractivity contribution in [3.05, 3.63) is 65.7 Å². The summed E-state index contributed by atoms with van der Waals surface area (Å²) in [6.45, 7) is 0.696. The van der Waals surface area contributed by atoms with Crippen LogP contribution in [0.1, 0.15) is 29.9 Å². The van der Waals surface area contributed by atoms with Crippen LogP contribution in [0.15, 0.2) is 54.6 Å². The maximum atomic E-state index is 5.92. The number of hydrogen-bond donors (Lipinski definition) is 1. The SMILES string of the molecule is COc1ccc(C(CN)CCCc2ccccc2)cc1. The van der Waals surface area contributed by atoms with Gasteiger partial charge in [0.2, 0.25) is 0 Å². The highest BCUT2D eigenvalue weighted by Crippen LogP contribution is 2.23. The van der Waals surface area contributed by atoms with Crippen molar-refractivity contribution >= 4 is 0 Å². The standard InChI is InChI=1S/C18H23NO/c1-20-18-12-10-16(11-13-18)17(14-19)9-5-8-15-6-3-2-4-7-15/h2-4,6-7,10-13,17H,5,8-9,14,19H2,1H3. The molecule has 2 N–H and O–H groups in total. The van der Waals surface area contributed by atoms with Crippen molar-refractivity contribution < 1.29 is 4.74 Å². The van der Waals surface area contributed by atoms with Crippen molar-refractivity contribution in [3.8, 4) is 5.75 Å². The lowest BCUT2D eigenvalue weighted by molar-refractivity contribution is 0.414. The number of rotatable bonds is 7. The third kappa shape index (κ3) is 4.10. The second-order valence-electron chi connectivity index (χ2n) is 5.08. The average molecular weight is 269 g/mol. The highest BCUT2D eigenvalue weighted by molar-refractivity contribution is 5.29. The number of aryl methyl sites for hydroxylation is 1. The third-order valence-corrected chi connectivity index (χ3v) is 3.73. The molecule has 0 heterocycles. The summed E-state index contributed by atoms with van der Waals surface area (Å²) in [6, 6.07) is 18.9. The van der Waals surface area contributed by atoms with Gasteiger partial charge in [0.15, 0.2) is 0 Å². The Hall–Kier alpha value is -1.80. The van der Waals surface area contributed by atoms with Crippen LogP contribution in [-0.2, 0) is 6.42 Å². The van der Waals surface area contributed by atoms with Crippen molar-refractivity contribution in [2.75, 3.05) is 13.7 Å². The molecule has 2 nitrogen and oxygen atoms in total. The van der Waals surface area contributed by atoms with Crippen LogP contribution >= 0.6 is 0 Å². The summed E-state index contributed by atoms with van der Waals surface area (Å²) in [6.07, 6.45) is 3.41. The molecule has 20 heavy (non-hydrogen) atoms. The van der Waals surface area contributed by atoms with Crippen LogP contribution in [0.2, 0.25) is 0 Å². The van der Waals surface area contributed by atoms with E-state index in [1.54, 1.807) is 7.11 Å². The van der Waals surface area contributed by atoms with E-state index in [2.05, 4.69) is 42.5 Å². The van der Waals surface area contributed by atoms with E-state index in [1.165, 1.54) is 11.1 Å². The third-order valence-electron chi connectivity index (χ3n) is 3.73. The van der Waals surface area contributed by atoms with Gasteiger partial charge < -0.3 is 10.5 Å². The van der Waals surface area contributed by atoms with Crippen molar-refractivity contribution in [3.63, 3.8) is 0 Å². The lowest BCUT2D eigenvalue weighted by atomic mass is 9.92. The Labute approximate surface area is 121 Å². The summed E-state index contributed by atoms with van der Waals surface area (Å²) < 4.78 is 5.19. The minimum atomic E-state index is 0.435. The van der Waals surface area contributed by atoms with E-state index in [0.717, 1.165) is 25.0 Å². The molecule has 2 aromatic rings. The first-order valence-corrected chi connectivity index (χ1v) is 7.21. The second kappa shape index (κ2) is 7.71. The number of methoxy groups -OCH3 is 1. The van der Waals surface area contributed by atoms with Crippen LogP contribution in [0.3, 0.4) is 0 Å². The Balaban J connectivity index is 1.88. The molecule has 1 atom stereocenters. The van der Waals surface area contributed by atoms with Gasteiger partial charge in [-0.2, -0.15) is 0 Å². The van der Waals surface area contributed by atoms with Crippen LogP contribution in [0.4, 0.5) is 0 Å². The fraction of sp³-hybridized carbons (Fsp3) is 0.333. The molecule has 106 valence electrons. The van der Waals surface area contributed by atoms with Crippen LogP contribution in [0.5, 0.6) is 5.75 Å². The molecule has 2 heteroatoms. The predicted octanol–water partition coefficient (Wildman–Crippen LogP) is 3.76. The molecule has 0 saturated carbocycles. The summed E-state index contributed by atoms with van der Waals surface area (Å²) >= 11 is 0. The zero-order valence-electron chi connectivity index (χ0n) is 12.1. The van der Waals surface area contributed by atoms with E-state index in [9.17, 15) is 0 Å². The maximum absolute atomic E-state index is 5.92. The van der Waals surface area contributed by atoms with Gasteiger partial charge in [-0.25, -0.2) is 0 Å². The molecule has 0 radical (unpaired) electrons. The van der Waals surface area contributed by atoms with Gasteiger partial charge >= 0.3 is 0 Å². The van der Waals surface area contributed by atoms with Gasteiger partial charge in [0.25, 0.3) is 0 Å². The van der Waals surface area contributed by atoms with Crippen molar-refractivity contribution in [2.45, 2.75) is 25.2 Å². The highest BCUT2D eigenvalue weighted by Gasteiger charge is 2.09. The normalized spacial score (nSPS) is 12.1. The summed E-state index contributed by atoms with van der Waals surface area (Å²) in [5.41, 5.74) is 8.63. The first-order chi connectivity index (χ1) is 9.83. The van der Waals surface area contributed by atoms with E-state index in [0.29, 0.717) is 12.5 Å². The Morgan fingerprint density at radius 1 is 1.00 bits per heavy atom. The maximum Gasteiger partial charge on any atom is 0.118 e. The molecule has 1 unspecified atom stereocenters. The summed E-state index contributed by atoms with van der Waals surface area (Å²) in [7, 11) is 1.69. The van der Waals surface area contributed by atoms with Gasteiger partial charge in [-0.15, -0.1) is 0 Å². The topological polar surface area (TPSA) is 35.2 Å². The summed E-state index contributed by atoms with van der Waals surface area (Å²) in [5, 5.41) is 0. The van der Waals surface area contributed by atoms with Gasteiger partial charge in [-0.1, -0.05) is 42.5 Å². The summed E-state index contributed by atoms with van der Waals surface area (Å²) in [4.78, 5) is 0. The second-order valence-corrected chi connectivity index (χ2v) is 5.08. The largest absolute Gasteiger partial charge is 0.497 e. The van der Waals surface area contributed by atoms with E-state index in [4.69, 9.17) is 10.5 Å². The molecule has 0 aliphatic heterocycles. The molecule has 0 aromatic heterocycles. The molecule has 0 aliphatic rings. The fourth-order valence-corrected chi connectivity index (χ4v) is 2.49. The number of benzene rings is 2. The Morgan fingerprint density at radius 2 is 1.70 bits per heavy atom. The molecule has 0 bridgehead atoms. The first-order valence-electron chi connectivity index (χ1n) is 7.21. The zero-order chi connectivity index (χ0) is 14.2. The van der Waals surface area contributed by atoms with Crippen LogP contribution in [0, 0.1) is 0 Å². The van der Waals surface area contributed by atoms with Crippen LogP contribution < -0.4 is 10.5 Å². The zero-order valence-corrected chi connectivity index (χ0v) is 12.1. The van der Waals surface area contributed by atoms with Gasteiger partial charge in [0.05, 0.1) is 7.11 Å². The highest BCUT2D eigenvalue weighted by atomic mass is 16.5. The smallest absolute Gasteiger partial charge is 0.118 e. The van der Waals surface area contributed by atoms with Crippen molar-refractivity contribution in [2.24, 2.45) is 5.73 Å². The minimum absolute atomic E-state index is 0.435. The fourth-order valence-electron chi connectivity index (χ4n) is 2.49. The molecule has 2 rings (SSSR count). The molecular formula is C18H23NO. The quantitative estimate of drug-likeness (QED) is 0.830. The Morgan fingerprint density at radius 3 is 2.30 bits per heavy atom. The van der Waals surface area contributed by atoms with Crippen molar-refractivity contribution in [1.29, 1.82) is 0 Å². The van der Waals surface area contributed by atoms with E-state index >= 15 is 0 Å². The average Bonchev–Trinajstić information content (AvgIpc) is 2.53. The minimum Gasteiger partial charge on any atom is -0.497 e. The molecule has 0 saturated heterocycles. The first kappa shape index (κ1) is 14.6. The Kier molecular flexibility index (Phi) is 5.63. The lowest BCUT2D eigenvalue weighted by Crippen LogP contribution is -2.12. The van der Waals surface area contributed by atoms with E-state index < -0.39 is 0 Å². The molecule has 0 amide bonds. The molecule has 0 aliphatic carbocycles. The van der Waals surface area contributed by atoms with Gasteiger partial charge in [0.1, 0.15) is 5.75 Å². The molecule has 0 fully saturated rings. The van der Waals surface area contributed by atoms with Gasteiger partial charge in [0, 0.05) is 0 Å². The predicted molar refractivity (Wildman–Crippen MR) is 84.2 cm³/mol.